The third kappa shape index (κ3) is 5.84. The molecule has 0 radical (unpaired) electrons. The van der Waals surface area contributed by atoms with Crippen LogP contribution in [0.15, 0.2) is 0 Å². The van der Waals surface area contributed by atoms with Crippen LogP contribution in [0.4, 0.5) is 0 Å². The van der Waals surface area contributed by atoms with Crippen LogP contribution < -0.4 is 5.32 Å². The van der Waals surface area contributed by atoms with Crippen LogP contribution in [0, 0.1) is 0 Å². The van der Waals surface area contributed by atoms with E-state index < -0.39 is 0 Å². The summed E-state index contributed by atoms with van der Waals surface area (Å²) in [6.07, 6.45) is 5.47. The van der Waals surface area contributed by atoms with Crippen LogP contribution in [0.25, 0.3) is 0 Å². The van der Waals surface area contributed by atoms with E-state index in [4.69, 9.17) is 4.74 Å². The number of hydrogen-bond donors (Lipinski definition) is 1. The van der Waals surface area contributed by atoms with Gasteiger partial charge in [0, 0.05) is 31.8 Å². The van der Waals surface area contributed by atoms with E-state index in [0.717, 1.165) is 19.7 Å². The first-order valence-corrected chi connectivity index (χ1v) is 7.18. The molecule has 17 heavy (non-hydrogen) atoms. The second-order valence-electron chi connectivity index (χ2n) is 5.55. The molecule has 3 heteroatoms. The number of ether oxygens (including phenoxy) is 1. The zero-order valence-electron chi connectivity index (χ0n) is 12.0. The molecule has 1 fully saturated rings. The van der Waals surface area contributed by atoms with Gasteiger partial charge < -0.3 is 10.1 Å². The Balaban J connectivity index is 2.28. The first-order valence-electron chi connectivity index (χ1n) is 7.18. The Bertz CT molecular complexity index is 191. The van der Waals surface area contributed by atoms with Crippen LogP contribution in [-0.2, 0) is 4.74 Å². The fourth-order valence-corrected chi connectivity index (χ4v) is 2.41. The van der Waals surface area contributed by atoms with E-state index >= 15 is 0 Å². The van der Waals surface area contributed by atoms with Gasteiger partial charge in [-0.05, 0) is 32.7 Å². The molecule has 0 aliphatic carbocycles. The molecular weight excluding hydrogens is 212 g/mol. The molecular formula is C14H30N2O. The summed E-state index contributed by atoms with van der Waals surface area (Å²) in [6.45, 7) is 9.80. The van der Waals surface area contributed by atoms with Gasteiger partial charge in [0.1, 0.15) is 0 Å². The Kier molecular flexibility index (Phi) is 7.09. The lowest BCUT2D eigenvalue weighted by molar-refractivity contribution is -0.00845. The second kappa shape index (κ2) is 8.06. The summed E-state index contributed by atoms with van der Waals surface area (Å²) < 4.78 is 5.81. The van der Waals surface area contributed by atoms with Crippen molar-refractivity contribution in [3.8, 4) is 0 Å². The van der Waals surface area contributed by atoms with Crippen molar-refractivity contribution in [2.75, 3.05) is 26.7 Å². The lowest BCUT2D eigenvalue weighted by atomic mass is 10.1. The van der Waals surface area contributed by atoms with Gasteiger partial charge in [-0.1, -0.05) is 20.8 Å². The Morgan fingerprint density at radius 1 is 1.35 bits per heavy atom. The van der Waals surface area contributed by atoms with Gasteiger partial charge in [-0.3, -0.25) is 4.90 Å². The molecule has 0 spiro atoms. The maximum Gasteiger partial charge on any atom is 0.0702 e. The van der Waals surface area contributed by atoms with Crippen LogP contribution in [0.1, 0.15) is 46.5 Å². The van der Waals surface area contributed by atoms with E-state index in [9.17, 15) is 0 Å². The fourth-order valence-electron chi connectivity index (χ4n) is 2.41. The Labute approximate surface area is 107 Å². The average Bonchev–Trinajstić information content (AvgIpc) is 2.30. The minimum absolute atomic E-state index is 0.460. The molecule has 102 valence electrons. The van der Waals surface area contributed by atoms with Crippen molar-refractivity contribution in [3.63, 3.8) is 0 Å². The predicted octanol–water partition coefficient (Wildman–Crippen LogP) is 2.26. The molecule has 1 heterocycles. The number of rotatable bonds is 7. The standard InChI is InChI=1S/C14H30N2O/c1-5-13(10-15-12(2)3)16(4)11-14-8-6-7-9-17-14/h12-15H,5-11H2,1-4H3. The summed E-state index contributed by atoms with van der Waals surface area (Å²) >= 11 is 0. The Morgan fingerprint density at radius 3 is 2.65 bits per heavy atom. The van der Waals surface area contributed by atoms with Gasteiger partial charge >= 0.3 is 0 Å². The molecule has 1 N–H and O–H groups in total. The summed E-state index contributed by atoms with van der Waals surface area (Å²) in [6, 6.07) is 1.20. The SMILES string of the molecule is CCC(CNC(C)C)N(C)CC1CCCCO1. The molecule has 2 atom stereocenters. The molecule has 3 nitrogen and oxygen atoms in total. The molecule has 1 aliphatic rings. The first kappa shape index (κ1) is 14.9. The van der Waals surface area contributed by atoms with Gasteiger partial charge in [-0.25, -0.2) is 0 Å². The predicted molar refractivity (Wildman–Crippen MR) is 73.4 cm³/mol. The first-order chi connectivity index (χ1) is 8.13. The van der Waals surface area contributed by atoms with E-state index in [0.29, 0.717) is 18.2 Å². The Hall–Kier alpha value is -0.120. The second-order valence-corrected chi connectivity index (χ2v) is 5.55. The molecule has 0 aromatic rings. The fraction of sp³-hybridized carbons (Fsp3) is 1.00. The van der Waals surface area contributed by atoms with E-state index in [2.05, 4.69) is 38.0 Å². The highest BCUT2D eigenvalue weighted by Crippen LogP contribution is 2.14. The quantitative estimate of drug-likeness (QED) is 0.741. The summed E-state index contributed by atoms with van der Waals surface area (Å²) in [7, 11) is 2.23. The molecule has 0 amide bonds. The molecule has 1 rings (SSSR count). The number of nitrogens with zero attached hydrogens (tertiary/aromatic N) is 1. The molecule has 2 unspecified atom stereocenters. The molecule has 0 aromatic carbocycles. The monoisotopic (exact) mass is 242 g/mol. The highest BCUT2D eigenvalue weighted by molar-refractivity contribution is 4.75. The van der Waals surface area contributed by atoms with Crippen molar-refractivity contribution in [1.29, 1.82) is 0 Å². The number of likely N-dealkylation sites (N-methyl/N-ethyl adjacent to an activating group) is 1. The maximum atomic E-state index is 5.81. The minimum atomic E-state index is 0.460. The summed E-state index contributed by atoms with van der Waals surface area (Å²) in [5, 5.41) is 3.53. The van der Waals surface area contributed by atoms with E-state index in [1.54, 1.807) is 0 Å². The van der Waals surface area contributed by atoms with Gasteiger partial charge in [0.05, 0.1) is 6.10 Å². The van der Waals surface area contributed by atoms with Crippen molar-refractivity contribution in [2.45, 2.75) is 64.6 Å². The van der Waals surface area contributed by atoms with Crippen molar-refractivity contribution < 1.29 is 4.74 Å². The van der Waals surface area contributed by atoms with Gasteiger partial charge in [-0.2, -0.15) is 0 Å². The van der Waals surface area contributed by atoms with Gasteiger partial charge in [0.2, 0.25) is 0 Å². The van der Waals surface area contributed by atoms with E-state index in [-0.39, 0.29) is 0 Å². The summed E-state index contributed by atoms with van der Waals surface area (Å²) in [5.41, 5.74) is 0. The highest BCUT2D eigenvalue weighted by atomic mass is 16.5. The number of nitrogens with one attached hydrogen (secondary N) is 1. The van der Waals surface area contributed by atoms with E-state index in [1.165, 1.54) is 25.7 Å². The number of hydrogen-bond acceptors (Lipinski definition) is 3. The van der Waals surface area contributed by atoms with Gasteiger partial charge in [0.25, 0.3) is 0 Å². The minimum Gasteiger partial charge on any atom is -0.377 e. The normalized spacial score (nSPS) is 23.3. The lowest BCUT2D eigenvalue weighted by Gasteiger charge is -2.33. The molecule has 0 saturated carbocycles. The van der Waals surface area contributed by atoms with Crippen molar-refractivity contribution in [2.24, 2.45) is 0 Å². The van der Waals surface area contributed by atoms with Crippen molar-refractivity contribution in [1.82, 2.24) is 10.2 Å². The lowest BCUT2D eigenvalue weighted by Crippen LogP contribution is -2.45. The van der Waals surface area contributed by atoms with Crippen LogP contribution in [0.5, 0.6) is 0 Å². The van der Waals surface area contributed by atoms with Crippen molar-refractivity contribution in [3.05, 3.63) is 0 Å². The maximum absolute atomic E-state index is 5.81. The van der Waals surface area contributed by atoms with Crippen LogP contribution >= 0.6 is 0 Å². The molecule has 0 bridgehead atoms. The zero-order chi connectivity index (χ0) is 12.7. The largest absolute Gasteiger partial charge is 0.377 e. The van der Waals surface area contributed by atoms with Crippen LogP contribution in [0.2, 0.25) is 0 Å². The van der Waals surface area contributed by atoms with E-state index in [1.807, 2.05) is 0 Å². The smallest absolute Gasteiger partial charge is 0.0702 e. The van der Waals surface area contributed by atoms with Gasteiger partial charge in [0.15, 0.2) is 0 Å². The molecule has 0 aromatic heterocycles. The third-order valence-corrected chi connectivity index (χ3v) is 3.62. The zero-order valence-corrected chi connectivity index (χ0v) is 12.0. The Morgan fingerprint density at radius 2 is 2.12 bits per heavy atom. The topological polar surface area (TPSA) is 24.5 Å². The highest BCUT2D eigenvalue weighted by Gasteiger charge is 2.20. The molecule has 1 saturated heterocycles. The van der Waals surface area contributed by atoms with Gasteiger partial charge in [-0.15, -0.1) is 0 Å². The summed E-state index contributed by atoms with van der Waals surface area (Å²) in [5.74, 6) is 0. The van der Waals surface area contributed by atoms with Crippen LogP contribution in [-0.4, -0.2) is 49.8 Å². The average molecular weight is 242 g/mol. The van der Waals surface area contributed by atoms with Crippen LogP contribution in [0.3, 0.4) is 0 Å². The third-order valence-electron chi connectivity index (χ3n) is 3.62. The van der Waals surface area contributed by atoms with Crippen molar-refractivity contribution >= 4 is 0 Å². The molecule has 1 aliphatic heterocycles. The summed E-state index contributed by atoms with van der Waals surface area (Å²) in [4.78, 5) is 2.46.